The van der Waals surface area contributed by atoms with Gasteiger partial charge in [-0.1, -0.05) is 0 Å². The van der Waals surface area contributed by atoms with Crippen LogP contribution in [0.4, 0.5) is 0 Å². The highest BCUT2D eigenvalue weighted by atomic mass is 16.5. The quantitative estimate of drug-likeness (QED) is 0.652. The molecule has 0 aliphatic heterocycles. The Kier molecular flexibility index (Phi) is 1.79. The van der Waals surface area contributed by atoms with E-state index in [9.17, 15) is 4.79 Å². The summed E-state index contributed by atoms with van der Waals surface area (Å²) in [4.78, 5) is 18.5. The van der Waals surface area contributed by atoms with Crippen molar-refractivity contribution in [2.75, 3.05) is 0 Å². The van der Waals surface area contributed by atoms with E-state index in [0.29, 0.717) is 11.3 Å². The molecule has 3 heterocycles. The van der Waals surface area contributed by atoms with Gasteiger partial charge in [-0.3, -0.25) is 9.78 Å². The van der Waals surface area contributed by atoms with E-state index in [-0.39, 0.29) is 5.56 Å². The fraction of sp³-hybridized carbons (Fsp3) is 0. The number of hydrogen-bond acceptors (Lipinski definition) is 5. The van der Waals surface area contributed by atoms with Crippen molar-refractivity contribution >= 4 is 10.9 Å². The lowest BCUT2D eigenvalue weighted by Gasteiger charge is -1.98. The number of aromatic amines is 1. The van der Waals surface area contributed by atoms with E-state index in [1.165, 1.54) is 6.26 Å². The molecule has 0 radical (unpaired) electrons. The van der Waals surface area contributed by atoms with E-state index in [4.69, 9.17) is 0 Å². The maximum absolute atomic E-state index is 11.7. The van der Waals surface area contributed by atoms with Gasteiger partial charge in [-0.15, -0.1) is 5.10 Å². The third-order valence-electron chi connectivity index (χ3n) is 2.28. The van der Waals surface area contributed by atoms with E-state index in [2.05, 4.69) is 24.9 Å². The molecular weight excluding hydrogens is 208 g/mol. The van der Waals surface area contributed by atoms with Crippen LogP contribution < -0.4 is 5.56 Å². The van der Waals surface area contributed by atoms with Gasteiger partial charge in [0, 0.05) is 23.1 Å². The van der Waals surface area contributed by atoms with Crippen molar-refractivity contribution in [1.29, 1.82) is 0 Å². The minimum absolute atomic E-state index is 0.227. The van der Waals surface area contributed by atoms with E-state index < -0.39 is 0 Å². The number of H-pyrrole nitrogens is 1. The normalized spacial score (nSPS) is 10.8. The van der Waals surface area contributed by atoms with Crippen molar-refractivity contribution in [1.82, 2.24) is 20.3 Å². The molecular formula is C10H6N4O2. The molecule has 3 aromatic heterocycles. The minimum atomic E-state index is -0.227. The molecule has 0 amide bonds. The van der Waals surface area contributed by atoms with Crippen LogP contribution in [0.3, 0.4) is 0 Å². The Hall–Kier alpha value is -2.50. The molecule has 3 rings (SSSR count). The molecule has 0 bridgehead atoms. The summed E-state index contributed by atoms with van der Waals surface area (Å²) in [5, 5.41) is 7.86. The molecule has 16 heavy (non-hydrogen) atoms. The summed E-state index contributed by atoms with van der Waals surface area (Å²) in [6, 6.07) is 3.45. The second-order valence-corrected chi connectivity index (χ2v) is 3.27. The first kappa shape index (κ1) is 8.78. The molecule has 0 aliphatic carbocycles. The van der Waals surface area contributed by atoms with Crippen molar-refractivity contribution in [3.8, 4) is 11.3 Å². The third kappa shape index (κ3) is 1.28. The van der Waals surface area contributed by atoms with Crippen molar-refractivity contribution in [3.63, 3.8) is 0 Å². The van der Waals surface area contributed by atoms with Gasteiger partial charge in [0.05, 0.1) is 11.1 Å². The van der Waals surface area contributed by atoms with E-state index in [1.807, 2.05) is 0 Å². The first-order chi connectivity index (χ1) is 7.84. The molecule has 0 spiro atoms. The van der Waals surface area contributed by atoms with Gasteiger partial charge in [-0.05, 0) is 12.1 Å². The van der Waals surface area contributed by atoms with Crippen LogP contribution in [0.15, 0.2) is 40.1 Å². The minimum Gasteiger partial charge on any atom is -0.345 e. The molecule has 3 aromatic rings. The van der Waals surface area contributed by atoms with Gasteiger partial charge in [-0.25, -0.2) is 0 Å². The van der Waals surface area contributed by atoms with Crippen LogP contribution in [-0.4, -0.2) is 20.3 Å². The molecule has 1 N–H and O–H groups in total. The summed E-state index contributed by atoms with van der Waals surface area (Å²) >= 11 is 0. The van der Waals surface area contributed by atoms with Gasteiger partial charge in [-0.2, -0.15) is 0 Å². The molecule has 0 fully saturated rings. The first-order valence-electron chi connectivity index (χ1n) is 4.59. The van der Waals surface area contributed by atoms with E-state index >= 15 is 0 Å². The van der Waals surface area contributed by atoms with E-state index in [0.717, 1.165) is 10.9 Å². The van der Waals surface area contributed by atoms with Gasteiger partial charge in [0.1, 0.15) is 5.69 Å². The summed E-state index contributed by atoms with van der Waals surface area (Å²) in [6.45, 7) is 0. The van der Waals surface area contributed by atoms with Crippen LogP contribution in [-0.2, 0) is 0 Å². The topological polar surface area (TPSA) is 84.7 Å². The lowest BCUT2D eigenvalue weighted by molar-refractivity contribution is 0.393. The van der Waals surface area contributed by atoms with Gasteiger partial charge < -0.3 is 9.51 Å². The van der Waals surface area contributed by atoms with Crippen LogP contribution >= 0.6 is 0 Å². The predicted molar refractivity (Wildman–Crippen MR) is 55.7 cm³/mol. The molecule has 0 aromatic carbocycles. The zero-order valence-electron chi connectivity index (χ0n) is 8.04. The maximum Gasteiger partial charge on any atom is 0.258 e. The van der Waals surface area contributed by atoms with Crippen LogP contribution in [0.1, 0.15) is 0 Å². The zero-order valence-corrected chi connectivity index (χ0v) is 8.04. The number of rotatable bonds is 1. The lowest BCUT2D eigenvalue weighted by atomic mass is 10.1. The lowest BCUT2D eigenvalue weighted by Crippen LogP contribution is -2.08. The summed E-state index contributed by atoms with van der Waals surface area (Å²) in [5.41, 5.74) is 1.34. The van der Waals surface area contributed by atoms with Crippen LogP contribution in [0.5, 0.6) is 0 Å². The Morgan fingerprint density at radius 3 is 3.12 bits per heavy atom. The number of nitrogens with zero attached hydrogens (tertiary/aromatic N) is 3. The average Bonchev–Trinajstić information content (AvgIpc) is 2.81. The molecule has 0 unspecified atom stereocenters. The third-order valence-corrected chi connectivity index (χ3v) is 2.28. The van der Waals surface area contributed by atoms with Gasteiger partial charge >= 0.3 is 0 Å². The second kappa shape index (κ2) is 3.27. The monoisotopic (exact) mass is 214 g/mol. The fourth-order valence-corrected chi connectivity index (χ4v) is 1.52. The summed E-state index contributed by atoms with van der Waals surface area (Å²) in [7, 11) is 0. The van der Waals surface area contributed by atoms with Crippen LogP contribution in [0.2, 0.25) is 0 Å². The second-order valence-electron chi connectivity index (χ2n) is 3.27. The molecule has 6 heteroatoms. The average molecular weight is 214 g/mol. The zero-order chi connectivity index (χ0) is 11.0. The summed E-state index contributed by atoms with van der Waals surface area (Å²) < 4.78 is 4.61. The maximum atomic E-state index is 11.7. The Bertz CT molecular complexity index is 687. The molecule has 78 valence electrons. The smallest absolute Gasteiger partial charge is 0.258 e. The van der Waals surface area contributed by atoms with Crippen molar-refractivity contribution in [2.24, 2.45) is 0 Å². The number of fused-ring (bicyclic) bond motifs is 1. The van der Waals surface area contributed by atoms with Crippen molar-refractivity contribution in [3.05, 3.63) is 41.1 Å². The van der Waals surface area contributed by atoms with Gasteiger partial charge in [0.25, 0.3) is 5.56 Å². The van der Waals surface area contributed by atoms with Crippen molar-refractivity contribution in [2.45, 2.75) is 0 Å². The van der Waals surface area contributed by atoms with Gasteiger partial charge in [0.15, 0.2) is 6.26 Å². The Balaban J connectivity index is 2.34. The first-order valence-corrected chi connectivity index (χ1v) is 4.59. The number of pyridine rings is 2. The Morgan fingerprint density at radius 1 is 1.38 bits per heavy atom. The highest BCUT2D eigenvalue weighted by Crippen LogP contribution is 2.15. The predicted octanol–water partition coefficient (Wildman–Crippen LogP) is 0.973. The molecule has 6 nitrogen and oxygen atoms in total. The van der Waals surface area contributed by atoms with E-state index in [1.54, 1.807) is 24.5 Å². The largest absolute Gasteiger partial charge is 0.345 e. The highest BCUT2D eigenvalue weighted by Gasteiger charge is 2.08. The SMILES string of the molecule is O=c1[nH]c2ccncc2cc1-c1conn1. The van der Waals surface area contributed by atoms with Gasteiger partial charge in [0.2, 0.25) is 0 Å². The number of hydrogen-bond donors (Lipinski definition) is 1. The Labute approximate surface area is 88.9 Å². The summed E-state index contributed by atoms with van der Waals surface area (Å²) in [6.07, 6.45) is 4.62. The molecule has 0 aliphatic rings. The van der Waals surface area contributed by atoms with Crippen LogP contribution in [0.25, 0.3) is 22.2 Å². The molecule has 0 saturated heterocycles. The number of aromatic nitrogens is 4. The standard InChI is InChI=1S/C10H6N4O2/c15-10-7(9-5-16-14-13-9)3-6-4-11-2-1-8(6)12-10/h1-5H,(H,12,15). The summed E-state index contributed by atoms with van der Waals surface area (Å²) in [5.74, 6) is 0. The Morgan fingerprint density at radius 2 is 2.31 bits per heavy atom. The van der Waals surface area contributed by atoms with Crippen molar-refractivity contribution < 1.29 is 4.52 Å². The molecule has 0 saturated carbocycles. The van der Waals surface area contributed by atoms with Crippen LogP contribution in [0, 0.1) is 0 Å². The molecule has 0 atom stereocenters. The highest BCUT2D eigenvalue weighted by molar-refractivity contribution is 5.81. The number of nitrogens with one attached hydrogen (secondary N) is 1. The fourth-order valence-electron chi connectivity index (χ4n) is 1.52.